The highest BCUT2D eigenvalue weighted by Gasteiger charge is 2.32. The minimum atomic E-state index is -0.274. The third kappa shape index (κ3) is 4.00. The number of unbranched alkanes of at least 4 members (excludes halogenated alkanes) is 1. The van der Waals surface area contributed by atoms with Gasteiger partial charge in [0.1, 0.15) is 6.04 Å². The molecule has 0 aromatic rings. The summed E-state index contributed by atoms with van der Waals surface area (Å²) in [7, 11) is 1.67. The highest BCUT2D eigenvalue weighted by Crippen LogP contribution is 2.12. The van der Waals surface area contributed by atoms with Crippen molar-refractivity contribution in [1.82, 2.24) is 10.2 Å². The van der Waals surface area contributed by atoms with Crippen LogP contribution in [0.3, 0.4) is 0 Å². The minimum absolute atomic E-state index is 0.0156. The zero-order valence-electron chi connectivity index (χ0n) is 10.7. The lowest BCUT2D eigenvalue weighted by atomic mass is 10.1. The number of hydrogen-bond acceptors (Lipinski definition) is 3. The fourth-order valence-electron chi connectivity index (χ4n) is 2.07. The SMILES string of the molecule is CCCC1C(=O)NCC(=O)N1CCCCOC. The molecular weight excluding hydrogens is 220 g/mol. The number of hydrogen-bond donors (Lipinski definition) is 1. The van der Waals surface area contributed by atoms with Crippen LogP contribution in [0.1, 0.15) is 32.6 Å². The molecule has 0 spiro atoms. The molecule has 5 heteroatoms. The number of carbonyl (C=O) groups excluding carboxylic acids is 2. The first-order valence-corrected chi connectivity index (χ1v) is 6.26. The third-order valence-corrected chi connectivity index (χ3v) is 2.97. The molecular formula is C12H22N2O3. The largest absolute Gasteiger partial charge is 0.385 e. The van der Waals surface area contributed by atoms with Gasteiger partial charge in [-0.25, -0.2) is 0 Å². The van der Waals surface area contributed by atoms with E-state index in [-0.39, 0.29) is 24.4 Å². The van der Waals surface area contributed by atoms with Gasteiger partial charge in [-0.1, -0.05) is 13.3 Å². The molecule has 1 atom stereocenters. The van der Waals surface area contributed by atoms with E-state index in [0.717, 1.165) is 25.7 Å². The topological polar surface area (TPSA) is 58.6 Å². The molecule has 0 aliphatic carbocycles. The van der Waals surface area contributed by atoms with E-state index in [9.17, 15) is 9.59 Å². The molecule has 1 N–H and O–H groups in total. The lowest BCUT2D eigenvalue weighted by Crippen LogP contribution is -2.58. The van der Waals surface area contributed by atoms with E-state index in [1.54, 1.807) is 12.0 Å². The Kier molecular flexibility index (Phi) is 5.97. The zero-order valence-corrected chi connectivity index (χ0v) is 10.7. The minimum Gasteiger partial charge on any atom is -0.385 e. The number of piperazine rings is 1. The second kappa shape index (κ2) is 7.27. The Labute approximate surface area is 102 Å². The van der Waals surface area contributed by atoms with Crippen molar-refractivity contribution in [3.8, 4) is 0 Å². The Bertz CT molecular complexity index is 268. The summed E-state index contributed by atoms with van der Waals surface area (Å²) in [4.78, 5) is 25.2. The maximum Gasteiger partial charge on any atom is 0.243 e. The molecule has 1 heterocycles. The van der Waals surface area contributed by atoms with Gasteiger partial charge in [0.25, 0.3) is 0 Å². The van der Waals surface area contributed by atoms with Crippen LogP contribution in [-0.2, 0) is 14.3 Å². The standard InChI is InChI=1S/C12H22N2O3/c1-3-6-10-12(16)13-9-11(15)14(10)7-4-5-8-17-2/h10H,3-9H2,1-2H3,(H,13,16). The van der Waals surface area contributed by atoms with Gasteiger partial charge in [0, 0.05) is 20.3 Å². The fourth-order valence-corrected chi connectivity index (χ4v) is 2.07. The number of nitrogens with zero attached hydrogens (tertiary/aromatic N) is 1. The first-order chi connectivity index (χ1) is 8.20. The summed E-state index contributed by atoms with van der Waals surface area (Å²) in [6, 6.07) is -0.274. The maximum absolute atomic E-state index is 11.8. The molecule has 0 bridgehead atoms. The molecule has 1 aliphatic rings. The van der Waals surface area contributed by atoms with E-state index in [1.807, 2.05) is 6.92 Å². The molecule has 1 unspecified atom stereocenters. The van der Waals surface area contributed by atoms with Gasteiger partial charge in [-0.15, -0.1) is 0 Å². The number of methoxy groups -OCH3 is 1. The highest BCUT2D eigenvalue weighted by atomic mass is 16.5. The smallest absolute Gasteiger partial charge is 0.243 e. The van der Waals surface area contributed by atoms with E-state index in [4.69, 9.17) is 4.74 Å². The zero-order chi connectivity index (χ0) is 12.7. The van der Waals surface area contributed by atoms with Gasteiger partial charge in [-0.2, -0.15) is 0 Å². The quantitative estimate of drug-likeness (QED) is 0.663. The second-order valence-electron chi connectivity index (χ2n) is 4.31. The van der Waals surface area contributed by atoms with Crippen molar-refractivity contribution < 1.29 is 14.3 Å². The molecule has 0 aromatic heterocycles. The van der Waals surface area contributed by atoms with E-state index >= 15 is 0 Å². The van der Waals surface area contributed by atoms with Crippen molar-refractivity contribution in [3.05, 3.63) is 0 Å². The summed E-state index contributed by atoms with van der Waals surface area (Å²) in [5, 5.41) is 2.64. The summed E-state index contributed by atoms with van der Waals surface area (Å²) >= 11 is 0. The summed E-state index contributed by atoms with van der Waals surface area (Å²) in [5.41, 5.74) is 0. The van der Waals surface area contributed by atoms with Crippen molar-refractivity contribution >= 4 is 11.8 Å². The van der Waals surface area contributed by atoms with Gasteiger partial charge >= 0.3 is 0 Å². The third-order valence-electron chi connectivity index (χ3n) is 2.97. The van der Waals surface area contributed by atoms with Crippen molar-refractivity contribution in [3.63, 3.8) is 0 Å². The lowest BCUT2D eigenvalue weighted by molar-refractivity contribution is -0.145. The Hall–Kier alpha value is -1.10. The first-order valence-electron chi connectivity index (χ1n) is 6.26. The molecule has 1 rings (SSSR count). The lowest BCUT2D eigenvalue weighted by Gasteiger charge is -2.34. The van der Waals surface area contributed by atoms with Crippen molar-refractivity contribution in [2.45, 2.75) is 38.6 Å². The number of ether oxygens (including phenoxy) is 1. The normalized spacial score (nSPS) is 20.6. The van der Waals surface area contributed by atoms with E-state index < -0.39 is 0 Å². The Morgan fingerprint density at radius 1 is 1.41 bits per heavy atom. The van der Waals surface area contributed by atoms with E-state index in [2.05, 4.69) is 5.32 Å². The molecule has 98 valence electrons. The molecule has 0 saturated carbocycles. The number of nitrogens with one attached hydrogen (secondary N) is 1. The monoisotopic (exact) mass is 242 g/mol. The Morgan fingerprint density at radius 3 is 2.82 bits per heavy atom. The molecule has 0 radical (unpaired) electrons. The summed E-state index contributed by atoms with van der Waals surface area (Å²) in [6.45, 7) is 3.52. The van der Waals surface area contributed by atoms with Gasteiger partial charge in [0.15, 0.2) is 0 Å². The molecule has 17 heavy (non-hydrogen) atoms. The first kappa shape index (κ1) is 14.0. The van der Waals surface area contributed by atoms with Crippen LogP contribution in [0.5, 0.6) is 0 Å². The average molecular weight is 242 g/mol. The highest BCUT2D eigenvalue weighted by molar-refractivity contribution is 5.94. The van der Waals surface area contributed by atoms with Gasteiger partial charge in [0.05, 0.1) is 6.54 Å². The van der Waals surface area contributed by atoms with Crippen LogP contribution in [0.15, 0.2) is 0 Å². The van der Waals surface area contributed by atoms with Crippen LogP contribution in [0.2, 0.25) is 0 Å². The molecule has 2 amide bonds. The summed E-state index contributed by atoms with van der Waals surface area (Å²) < 4.78 is 4.97. The Morgan fingerprint density at radius 2 is 2.18 bits per heavy atom. The van der Waals surface area contributed by atoms with Gasteiger partial charge in [-0.3, -0.25) is 9.59 Å². The van der Waals surface area contributed by atoms with Crippen LogP contribution in [0.25, 0.3) is 0 Å². The van der Waals surface area contributed by atoms with E-state index in [0.29, 0.717) is 13.2 Å². The predicted octanol–water partition coefficient (Wildman–Crippen LogP) is 0.540. The predicted molar refractivity (Wildman–Crippen MR) is 64.5 cm³/mol. The van der Waals surface area contributed by atoms with Crippen molar-refractivity contribution in [2.75, 3.05) is 26.8 Å². The molecule has 1 fully saturated rings. The number of carbonyl (C=O) groups is 2. The van der Waals surface area contributed by atoms with Crippen LogP contribution in [-0.4, -0.2) is 49.6 Å². The van der Waals surface area contributed by atoms with E-state index in [1.165, 1.54) is 0 Å². The molecule has 1 aliphatic heterocycles. The van der Waals surface area contributed by atoms with Gasteiger partial charge < -0.3 is 15.0 Å². The fraction of sp³-hybridized carbons (Fsp3) is 0.833. The number of rotatable bonds is 7. The van der Waals surface area contributed by atoms with Crippen LogP contribution in [0.4, 0.5) is 0 Å². The van der Waals surface area contributed by atoms with Crippen LogP contribution < -0.4 is 5.32 Å². The average Bonchev–Trinajstić information content (AvgIpc) is 2.32. The summed E-state index contributed by atoms with van der Waals surface area (Å²) in [6.07, 6.45) is 3.44. The second-order valence-corrected chi connectivity index (χ2v) is 4.31. The summed E-state index contributed by atoms with van der Waals surface area (Å²) in [5.74, 6) is 0.0126. The van der Waals surface area contributed by atoms with Crippen LogP contribution in [0, 0.1) is 0 Å². The molecule has 1 saturated heterocycles. The van der Waals surface area contributed by atoms with Crippen molar-refractivity contribution in [2.24, 2.45) is 0 Å². The van der Waals surface area contributed by atoms with Crippen molar-refractivity contribution in [1.29, 1.82) is 0 Å². The van der Waals surface area contributed by atoms with Crippen LogP contribution >= 0.6 is 0 Å². The van der Waals surface area contributed by atoms with Gasteiger partial charge in [0.2, 0.25) is 11.8 Å². The van der Waals surface area contributed by atoms with Gasteiger partial charge in [-0.05, 0) is 19.3 Å². The Balaban J connectivity index is 2.49. The molecule has 0 aromatic carbocycles. The molecule has 5 nitrogen and oxygen atoms in total. The maximum atomic E-state index is 11.8. The number of amides is 2.